The van der Waals surface area contributed by atoms with Crippen LogP contribution in [0.5, 0.6) is 0 Å². The fourth-order valence-electron chi connectivity index (χ4n) is 5.73. The van der Waals surface area contributed by atoms with E-state index in [9.17, 15) is 0 Å². The van der Waals surface area contributed by atoms with Crippen molar-refractivity contribution in [1.29, 1.82) is 0 Å². The van der Waals surface area contributed by atoms with Gasteiger partial charge in [-0.25, -0.2) is 4.98 Å². The molecule has 5 rings (SSSR count). The first-order valence-corrected chi connectivity index (χ1v) is 13.6. The molecule has 0 amide bonds. The van der Waals surface area contributed by atoms with Gasteiger partial charge in [0.25, 0.3) is 0 Å². The Kier molecular flexibility index (Phi) is 5.58. The van der Waals surface area contributed by atoms with Crippen molar-refractivity contribution < 1.29 is 8.98 Å². The Morgan fingerprint density at radius 1 is 0.867 bits per heavy atom. The maximum absolute atomic E-state index is 15.1. The van der Waals surface area contributed by atoms with E-state index in [4.69, 9.17) is 9.40 Å². The third kappa shape index (κ3) is 3.56. The fourth-order valence-corrected chi connectivity index (χ4v) is 10.2. The molecule has 2 aromatic carbocycles. The molecule has 30 heavy (non-hydrogen) atoms. The molecule has 0 atom stereocenters. The lowest BCUT2D eigenvalue weighted by Gasteiger charge is -2.39. The average Bonchev–Trinajstić information content (AvgIpc) is 3.23. The minimum Gasteiger partial charge on any atom is -0.436 e. The minimum atomic E-state index is -2.58. The van der Waals surface area contributed by atoms with Gasteiger partial charge in [0, 0.05) is 22.2 Å². The Hall–Kier alpha value is -1.86. The van der Waals surface area contributed by atoms with E-state index in [-0.39, 0.29) is 0 Å². The van der Waals surface area contributed by atoms with Crippen molar-refractivity contribution in [2.75, 3.05) is 0 Å². The van der Waals surface area contributed by atoms with Crippen LogP contribution in [0.15, 0.2) is 46.9 Å². The van der Waals surface area contributed by atoms with Crippen LogP contribution in [0.1, 0.15) is 69.8 Å². The monoisotopic (exact) mass is 421 g/mol. The first-order chi connectivity index (χ1) is 14.7. The number of aromatic nitrogens is 1. The van der Waals surface area contributed by atoms with E-state index >= 15 is 4.57 Å². The molecule has 0 bridgehead atoms. The highest BCUT2D eigenvalue weighted by Gasteiger charge is 2.44. The van der Waals surface area contributed by atoms with E-state index in [0.29, 0.717) is 17.2 Å². The lowest BCUT2D eigenvalue weighted by molar-refractivity contribution is 0.452. The van der Waals surface area contributed by atoms with Crippen molar-refractivity contribution >= 4 is 23.5 Å². The SMILES string of the molecule is Cc1ccc2oc(-c3ccccc3P(=O)(C3CCCCC3)C3CCCCC3)nc2c1. The molecule has 0 N–H and O–H groups in total. The second-order valence-electron chi connectivity index (χ2n) is 9.30. The van der Waals surface area contributed by atoms with Crippen LogP contribution in [0.2, 0.25) is 0 Å². The second-order valence-corrected chi connectivity index (χ2v) is 12.7. The summed E-state index contributed by atoms with van der Waals surface area (Å²) in [5.74, 6) is 0.623. The van der Waals surface area contributed by atoms with Gasteiger partial charge in [0.15, 0.2) is 5.58 Å². The summed E-state index contributed by atoms with van der Waals surface area (Å²) in [6, 6.07) is 14.4. The van der Waals surface area contributed by atoms with Gasteiger partial charge < -0.3 is 8.98 Å². The van der Waals surface area contributed by atoms with E-state index in [1.54, 1.807) is 0 Å². The Balaban J connectivity index is 1.65. The van der Waals surface area contributed by atoms with Gasteiger partial charge in [-0.3, -0.25) is 0 Å². The maximum atomic E-state index is 15.1. The molecule has 3 aromatic rings. The van der Waals surface area contributed by atoms with Gasteiger partial charge in [0.05, 0.1) is 0 Å². The van der Waals surface area contributed by atoms with Crippen LogP contribution < -0.4 is 5.30 Å². The Morgan fingerprint density at radius 3 is 2.17 bits per heavy atom. The van der Waals surface area contributed by atoms with Gasteiger partial charge in [-0.05, 0) is 56.4 Å². The lowest BCUT2D eigenvalue weighted by atomic mass is 9.99. The molecule has 2 fully saturated rings. The van der Waals surface area contributed by atoms with Crippen LogP contribution in [0.3, 0.4) is 0 Å². The molecule has 0 saturated heterocycles. The second kappa shape index (κ2) is 8.35. The largest absolute Gasteiger partial charge is 0.436 e. The normalized spacial score (nSPS) is 19.4. The summed E-state index contributed by atoms with van der Waals surface area (Å²) in [5.41, 5.74) is 4.45. The molecule has 2 saturated carbocycles. The van der Waals surface area contributed by atoms with E-state index in [1.807, 2.05) is 12.1 Å². The molecule has 0 radical (unpaired) electrons. The average molecular weight is 422 g/mol. The highest BCUT2D eigenvalue weighted by molar-refractivity contribution is 7.73. The maximum Gasteiger partial charge on any atom is 0.228 e. The Bertz CT molecular complexity index is 1050. The van der Waals surface area contributed by atoms with E-state index < -0.39 is 7.14 Å². The molecule has 0 spiro atoms. The van der Waals surface area contributed by atoms with Crippen LogP contribution in [0, 0.1) is 6.92 Å². The van der Waals surface area contributed by atoms with Crippen molar-refractivity contribution in [3.8, 4) is 11.5 Å². The zero-order chi connectivity index (χ0) is 20.6. The van der Waals surface area contributed by atoms with Crippen LogP contribution in [0.25, 0.3) is 22.6 Å². The summed E-state index contributed by atoms with van der Waals surface area (Å²) in [4.78, 5) is 4.82. The Morgan fingerprint density at radius 2 is 1.50 bits per heavy atom. The molecule has 0 unspecified atom stereocenters. The van der Waals surface area contributed by atoms with Crippen LogP contribution in [-0.4, -0.2) is 16.3 Å². The number of rotatable bonds is 4. The molecule has 1 aromatic heterocycles. The third-order valence-electron chi connectivity index (χ3n) is 7.29. The van der Waals surface area contributed by atoms with Crippen molar-refractivity contribution in [1.82, 2.24) is 4.98 Å². The Labute approximate surface area is 179 Å². The molecule has 158 valence electrons. The first kappa shape index (κ1) is 20.1. The summed E-state index contributed by atoms with van der Waals surface area (Å²) < 4.78 is 21.3. The van der Waals surface area contributed by atoms with Gasteiger partial charge in [-0.15, -0.1) is 0 Å². The number of benzene rings is 2. The van der Waals surface area contributed by atoms with Crippen LogP contribution in [-0.2, 0) is 4.57 Å². The van der Waals surface area contributed by atoms with Gasteiger partial charge in [0.1, 0.15) is 12.7 Å². The minimum absolute atomic E-state index is 0.321. The molecule has 0 aliphatic heterocycles. The third-order valence-corrected chi connectivity index (χ3v) is 11.6. The lowest BCUT2D eigenvalue weighted by Crippen LogP contribution is -2.30. The van der Waals surface area contributed by atoms with Crippen LogP contribution >= 0.6 is 7.14 Å². The molecular weight excluding hydrogens is 389 g/mol. The highest BCUT2D eigenvalue weighted by atomic mass is 31.2. The van der Waals surface area contributed by atoms with Gasteiger partial charge in [-0.2, -0.15) is 0 Å². The van der Waals surface area contributed by atoms with E-state index in [1.165, 1.54) is 44.1 Å². The summed E-state index contributed by atoms with van der Waals surface area (Å²) in [7, 11) is -2.58. The highest BCUT2D eigenvalue weighted by Crippen LogP contribution is 2.62. The first-order valence-electron chi connectivity index (χ1n) is 11.7. The zero-order valence-electron chi connectivity index (χ0n) is 18.0. The molecule has 4 heteroatoms. The predicted octanol–water partition coefficient (Wildman–Crippen LogP) is 7.46. The quantitative estimate of drug-likeness (QED) is 0.411. The van der Waals surface area contributed by atoms with Gasteiger partial charge in [0.2, 0.25) is 5.89 Å². The van der Waals surface area contributed by atoms with E-state index in [2.05, 4.69) is 37.3 Å². The molecule has 2 aliphatic rings. The van der Waals surface area contributed by atoms with Crippen molar-refractivity contribution in [2.24, 2.45) is 0 Å². The number of fused-ring (bicyclic) bond motifs is 1. The number of hydrogen-bond acceptors (Lipinski definition) is 3. The van der Waals surface area contributed by atoms with Crippen LogP contribution in [0.4, 0.5) is 0 Å². The molecule has 3 nitrogen and oxygen atoms in total. The van der Waals surface area contributed by atoms with Crippen molar-refractivity contribution in [2.45, 2.75) is 82.4 Å². The van der Waals surface area contributed by atoms with Crippen molar-refractivity contribution in [3.05, 3.63) is 48.0 Å². The summed E-state index contributed by atoms with van der Waals surface area (Å²) in [6.07, 6.45) is 11.9. The summed E-state index contributed by atoms with van der Waals surface area (Å²) in [6.45, 7) is 2.07. The van der Waals surface area contributed by atoms with E-state index in [0.717, 1.165) is 47.7 Å². The topological polar surface area (TPSA) is 43.1 Å². The van der Waals surface area contributed by atoms with Crippen molar-refractivity contribution in [3.63, 3.8) is 0 Å². The summed E-state index contributed by atoms with van der Waals surface area (Å²) in [5, 5.41) is 1.03. The number of oxazole rings is 1. The number of nitrogens with zero attached hydrogens (tertiary/aromatic N) is 1. The summed E-state index contributed by atoms with van der Waals surface area (Å²) >= 11 is 0. The molecular formula is C26H32NO2P. The molecule has 1 heterocycles. The predicted molar refractivity (Wildman–Crippen MR) is 125 cm³/mol. The number of hydrogen-bond donors (Lipinski definition) is 0. The van der Waals surface area contributed by atoms with Gasteiger partial charge in [-0.1, -0.05) is 62.8 Å². The fraction of sp³-hybridized carbons (Fsp3) is 0.500. The smallest absolute Gasteiger partial charge is 0.228 e. The van der Waals surface area contributed by atoms with Gasteiger partial charge >= 0.3 is 0 Å². The number of aryl methyl sites for hydroxylation is 1. The standard InChI is InChI=1S/C26H32NO2P/c1-19-16-17-24-23(18-19)27-26(29-24)22-14-8-9-15-25(22)30(28,20-10-4-2-5-11-20)21-12-6-3-7-13-21/h8-9,14-18,20-21H,2-7,10-13H2,1H3. The zero-order valence-corrected chi connectivity index (χ0v) is 18.9. The molecule has 2 aliphatic carbocycles.